The van der Waals surface area contributed by atoms with Gasteiger partial charge in [-0.25, -0.2) is 4.39 Å². The van der Waals surface area contributed by atoms with Crippen LogP contribution in [0.4, 0.5) is 4.39 Å². The molecule has 3 nitrogen and oxygen atoms in total. The molecule has 0 aliphatic rings. The van der Waals surface area contributed by atoms with E-state index in [1.165, 1.54) is 12.3 Å². The van der Waals surface area contributed by atoms with Crippen LogP contribution in [0.3, 0.4) is 0 Å². The molecule has 0 saturated carbocycles. The average Bonchev–Trinajstić information content (AvgIpc) is 2.17. The number of hydrogen-bond donors (Lipinski definition) is 0. The van der Waals surface area contributed by atoms with Crippen LogP contribution in [0.15, 0.2) is 18.5 Å². The maximum Gasteiger partial charge on any atom is 0.185 e. The Bertz CT molecular complexity index is 375. The molecule has 82 valence electrons. The summed E-state index contributed by atoms with van der Waals surface area (Å²) in [4.78, 5) is 17.4. The van der Waals surface area contributed by atoms with Gasteiger partial charge in [-0.3, -0.25) is 14.7 Å². The van der Waals surface area contributed by atoms with Crippen molar-refractivity contribution in [3.8, 4) is 0 Å². The monoisotopic (exact) mass is 210 g/mol. The van der Waals surface area contributed by atoms with Gasteiger partial charge in [0.15, 0.2) is 11.6 Å². The molecule has 0 saturated heterocycles. The first-order chi connectivity index (χ1) is 6.87. The predicted octanol–water partition coefficient (Wildman–Crippen LogP) is 1.74. The molecule has 0 N–H and O–H groups in total. The first-order valence-electron chi connectivity index (χ1n) is 4.69. The van der Waals surface area contributed by atoms with Crippen molar-refractivity contribution in [2.45, 2.75) is 19.4 Å². The molecule has 0 bridgehead atoms. The van der Waals surface area contributed by atoms with E-state index >= 15 is 0 Å². The Labute approximate surface area is 88.9 Å². The topological polar surface area (TPSA) is 33.2 Å². The number of aromatic nitrogens is 1. The zero-order valence-electron chi connectivity index (χ0n) is 9.41. The SMILES string of the molecule is CN(C)C(C)(C)C(=O)c1ccncc1F. The van der Waals surface area contributed by atoms with E-state index in [-0.39, 0.29) is 11.3 Å². The molecule has 0 amide bonds. The maximum absolute atomic E-state index is 13.3. The van der Waals surface area contributed by atoms with Crippen molar-refractivity contribution in [2.75, 3.05) is 14.1 Å². The molecule has 15 heavy (non-hydrogen) atoms. The molecule has 0 radical (unpaired) electrons. The molecule has 0 atom stereocenters. The van der Waals surface area contributed by atoms with Gasteiger partial charge in [-0.15, -0.1) is 0 Å². The maximum atomic E-state index is 13.3. The van der Waals surface area contributed by atoms with Crippen molar-refractivity contribution in [3.05, 3.63) is 29.8 Å². The third-order valence-corrected chi connectivity index (χ3v) is 2.69. The highest BCUT2D eigenvalue weighted by atomic mass is 19.1. The zero-order valence-corrected chi connectivity index (χ0v) is 9.41. The summed E-state index contributed by atoms with van der Waals surface area (Å²) in [5.74, 6) is -0.815. The second-order valence-corrected chi connectivity index (χ2v) is 4.14. The summed E-state index contributed by atoms with van der Waals surface area (Å²) in [5, 5.41) is 0. The molecule has 1 aromatic heterocycles. The number of hydrogen-bond acceptors (Lipinski definition) is 3. The first-order valence-corrected chi connectivity index (χ1v) is 4.69. The normalized spacial score (nSPS) is 11.9. The van der Waals surface area contributed by atoms with Crippen LogP contribution in [0, 0.1) is 5.82 Å². The standard InChI is InChI=1S/C11H15FN2O/c1-11(2,14(3)4)10(15)8-5-6-13-7-9(8)12/h5-7H,1-4H3. The Morgan fingerprint density at radius 1 is 1.47 bits per heavy atom. The van der Waals surface area contributed by atoms with Crippen LogP contribution < -0.4 is 0 Å². The molecule has 1 aromatic rings. The third kappa shape index (κ3) is 2.21. The van der Waals surface area contributed by atoms with E-state index in [2.05, 4.69) is 4.98 Å². The first kappa shape index (κ1) is 11.8. The fourth-order valence-corrected chi connectivity index (χ4v) is 1.09. The van der Waals surface area contributed by atoms with E-state index in [0.717, 1.165) is 6.20 Å². The number of carbonyl (C=O) groups excluding carboxylic acids is 1. The van der Waals surface area contributed by atoms with E-state index < -0.39 is 11.4 Å². The molecule has 0 aliphatic heterocycles. The van der Waals surface area contributed by atoms with Crippen molar-refractivity contribution in [3.63, 3.8) is 0 Å². The number of pyridine rings is 1. The summed E-state index contributed by atoms with van der Waals surface area (Å²) in [5.41, 5.74) is -0.633. The van der Waals surface area contributed by atoms with E-state index in [0.29, 0.717) is 0 Å². The molecular weight excluding hydrogens is 195 g/mol. The smallest absolute Gasteiger partial charge is 0.185 e. The average molecular weight is 210 g/mol. The quantitative estimate of drug-likeness (QED) is 0.712. The van der Waals surface area contributed by atoms with Crippen LogP contribution in [-0.2, 0) is 0 Å². The third-order valence-electron chi connectivity index (χ3n) is 2.69. The predicted molar refractivity (Wildman–Crippen MR) is 56.3 cm³/mol. The largest absolute Gasteiger partial charge is 0.297 e. The van der Waals surface area contributed by atoms with Crippen LogP contribution >= 0.6 is 0 Å². The van der Waals surface area contributed by atoms with Gasteiger partial charge in [0.1, 0.15) is 0 Å². The van der Waals surface area contributed by atoms with Gasteiger partial charge < -0.3 is 0 Å². The molecule has 1 rings (SSSR count). The van der Waals surface area contributed by atoms with Gasteiger partial charge in [0.2, 0.25) is 0 Å². The molecule has 0 fully saturated rings. The lowest BCUT2D eigenvalue weighted by molar-refractivity contribution is 0.0751. The summed E-state index contributed by atoms with van der Waals surface area (Å²) in [6.45, 7) is 3.52. The summed E-state index contributed by atoms with van der Waals surface area (Å²) in [6, 6.07) is 1.41. The van der Waals surface area contributed by atoms with Crippen molar-refractivity contribution < 1.29 is 9.18 Å². The van der Waals surface area contributed by atoms with Gasteiger partial charge in [0.25, 0.3) is 0 Å². The van der Waals surface area contributed by atoms with Crippen LogP contribution in [-0.4, -0.2) is 35.3 Å². The van der Waals surface area contributed by atoms with Crippen molar-refractivity contribution in [1.82, 2.24) is 9.88 Å². The number of ketones is 1. The molecule has 1 heterocycles. The van der Waals surface area contributed by atoms with E-state index in [1.54, 1.807) is 32.8 Å². The number of Topliss-reactive ketones (excluding diaryl/α,β-unsaturated/α-hetero) is 1. The number of likely N-dealkylation sites (N-methyl/N-ethyl adjacent to an activating group) is 1. The number of halogens is 1. The summed E-state index contributed by atoms with van der Waals surface area (Å²) < 4.78 is 13.3. The van der Waals surface area contributed by atoms with Crippen LogP contribution in [0.1, 0.15) is 24.2 Å². The van der Waals surface area contributed by atoms with Crippen LogP contribution in [0.5, 0.6) is 0 Å². The van der Waals surface area contributed by atoms with Crippen molar-refractivity contribution in [2.24, 2.45) is 0 Å². The summed E-state index contributed by atoms with van der Waals surface area (Å²) in [7, 11) is 3.58. The minimum atomic E-state index is -0.720. The van der Waals surface area contributed by atoms with Gasteiger partial charge in [-0.05, 0) is 34.0 Å². The van der Waals surface area contributed by atoms with Gasteiger partial charge >= 0.3 is 0 Å². The minimum absolute atomic E-state index is 0.0868. The lowest BCUT2D eigenvalue weighted by Crippen LogP contribution is -2.46. The lowest BCUT2D eigenvalue weighted by Gasteiger charge is -2.30. The molecule has 0 unspecified atom stereocenters. The van der Waals surface area contributed by atoms with Crippen molar-refractivity contribution in [1.29, 1.82) is 0 Å². The molecular formula is C11H15FN2O. The molecule has 0 aliphatic carbocycles. The van der Waals surface area contributed by atoms with Crippen LogP contribution in [0.2, 0.25) is 0 Å². The second-order valence-electron chi connectivity index (χ2n) is 4.14. The number of nitrogens with zero attached hydrogens (tertiary/aromatic N) is 2. The van der Waals surface area contributed by atoms with Gasteiger partial charge in [0.05, 0.1) is 17.3 Å². The Hall–Kier alpha value is -1.29. The highest BCUT2D eigenvalue weighted by Crippen LogP contribution is 2.19. The van der Waals surface area contributed by atoms with Gasteiger partial charge in [0, 0.05) is 6.20 Å². The van der Waals surface area contributed by atoms with E-state index in [1.807, 2.05) is 0 Å². The Balaban J connectivity index is 3.11. The molecule has 4 heteroatoms. The fraction of sp³-hybridized carbons (Fsp3) is 0.455. The van der Waals surface area contributed by atoms with Gasteiger partial charge in [-0.1, -0.05) is 0 Å². The Kier molecular flexibility index (Phi) is 3.19. The van der Waals surface area contributed by atoms with E-state index in [4.69, 9.17) is 0 Å². The minimum Gasteiger partial charge on any atom is -0.297 e. The van der Waals surface area contributed by atoms with Crippen LogP contribution in [0.25, 0.3) is 0 Å². The van der Waals surface area contributed by atoms with Crippen molar-refractivity contribution >= 4 is 5.78 Å². The Morgan fingerprint density at radius 2 is 2.07 bits per heavy atom. The zero-order chi connectivity index (χ0) is 11.6. The Morgan fingerprint density at radius 3 is 2.53 bits per heavy atom. The van der Waals surface area contributed by atoms with E-state index in [9.17, 15) is 9.18 Å². The fourth-order valence-electron chi connectivity index (χ4n) is 1.09. The number of rotatable bonds is 3. The van der Waals surface area contributed by atoms with Gasteiger partial charge in [-0.2, -0.15) is 0 Å². The highest BCUT2D eigenvalue weighted by Gasteiger charge is 2.32. The summed E-state index contributed by atoms with van der Waals surface area (Å²) >= 11 is 0. The number of carbonyl (C=O) groups is 1. The lowest BCUT2D eigenvalue weighted by atomic mass is 9.92. The second kappa shape index (κ2) is 4.06. The summed E-state index contributed by atoms with van der Waals surface area (Å²) in [6.07, 6.45) is 2.47. The molecule has 0 aromatic carbocycles. The highest BCUT2D eigenvalue weighted by molar-refractivity contribution is 6.02. The molecule has 0 spiro atoms.